The fraction of sp³-hybridized carbons (Fsp3) is 0.533. The number of nitrogens with one attached hydrogen (secondary N) is 1. The molecule has 2 atom stereocenters. The van der Waals surface area contributed by atoms with Crippen LogP contribution in [-0.2, 0) is 12.6 Å². The van der Waals surface area contributed by atoms with E-state index in [-0.39, 0.29) is 29.9 Å². The van der Waals surface area contributed by atoms with E-state index in [0.29, 0.717) is 30.6 Å². The van der Waals surface area contributed by atoms with Crippen LogP contribution in [0.25, 0.3) is 0 Å². The second-order valence-corrected chi connectivity index (χ2v) is 5.71. The first kappa shape index (κ1) is 17.1. The largest absolute Gasteiger partial charge is 0.417 e. The van der Waals surface area contributed by atoms with Crippen molar-refractivity contribution in [2.45, 2.75) is 31.5 Å². The van der Waals surface area contributed by atoms with Gasteiger partial charge in [-0.15, -0.1) is 12.4 Å². The van der Waals surface area contributed by atoms with Gasteiger partial charge in [0.15, 0.2) is 0 Å². The van der Waals surface area contributed by atoms with Crippen molar-refractivity contribution in [1.82, 2.24) is 10.2 Å². The van der Waals surface area contributed by atoms with Gasteiger partial charge in [0, 0.05) is 26.1 Å². The summed E-state index contributed by atoms with van der Waals surface area (Å²) in [6.07, 6.45) is -3.99. The summed E-state index contributed by atoms with van der Waals surface area (Å²) in [4.78, 5) is 13.9. The van der Waals surface area contributed by atoms with Crippen molar-refractivity contribution in [3.8, 4) is 0 Å². The molecular formula is C15H18ClF3N2O. The SMILES string of the molecule is CCc1cc2c(c(C(F)(F)F)c1)C(=O)N(C)[C@H]1CNC[C@H]21.Cl. The van der Waals surface area contributed by atoms with Crippen molar-refractivity contribution in [1.29, 1.82) is 0 Å². The second kappa shape index (κ2) is 5.74. The molecule has 1 N–H and O–H groups in total. The molecule has 3 nitrogen and oxygen atoms in total. The van der Waals surface area contributed by atoms with Gasteiger partial charge in [0.05, 0.1) is 17.2 Å². The van der Waals surface area contributed by atoms with E-state index in [9.17, 15) is 18.0 Å². The third kappa shape index (κ3) is 2.48. The summed E-state index contributed by atoms with van der Waals surface area (Å²) >= 11 is 0. The maximum atomic E-state index is 13.3. The highest BCUT2D eigenvalue weighted by molar-refractivity contribution is 5.99. The van der Waals surface area contributed by atoms with Crippen molar-refractivity contribution in [2.24, 2.45) is 0 Å². The molecule has 1 aromatic carbocycles. The molecule has 0 aliphatic carbocycles. The van der Waals surface area contributed by atoms with Gasteiger partial charge in [0.25, 0.3) is 5.91 Å². The summed E-state index contributed by atoms with van der Waals surface area (Å²) in [5.41, 5.74) is 0.232. The Labute approximate surface area is 133 Å². The number of halogens is 4. The molecule has 1 aromatic rings. The van der Waals surface area contributed by atoms with Crippen molar-refractivity contribution in [3.05, 3.63) is 34.4 Å². The predicted molar refractivity (Wildman–Crippen MR) is 79.6 cm³/mol. The molecule has 0 unspecified atom stereocenters. The van der Waals surface area contributed by atoms with Crippen LogP contribution in [0, 0.1) is 0 Å². The van der Waals surface area contributed by atoms with Crippen LogP contribution in [0.3, 0.4) is 0 Å². The number of amides is 1. The van der Waals surface area contributed by atoms with E-state index in [1.807, 2.05) is 6.92 Å². The summed E-state index contributed by atoms with van der Waals surface area (Å²) in [5.74, 6) is -0.583. The topological polar surface area (TPSA) is 32.3 Å². The standard InChI is InChI=1S/C15H17F3N2O.ClH/c1-3-8-4-9-10-6-19-7-12(10)20(2)14(21)13(9)11(5-8)15(16,17)18;/h4-5,10,12,19H,3,6-7H2,1-2H3;1H/t10-,12+;/m1./s1. The Morgan fingerprint density at radius 2 is 2.00 bits per heavy atom. The predicted octanol–water partition coefficient (Wildman–Crippen LogP) is 2.83. The molecule has 122 valence electrons. The number of carbonyl (C=O) groups is 1. The number of benzene rings is 1. The van der Waals surface area contributed by atoms with E-state index >= 15 is 0 Å². The van der Waals surface area contributed by atoms with E-state index in [4.69, 9.17) is 0 Å². The molecule has 1 amide bonds. The van der Waals surface area contributed by atoms with Gasteiger partial charge >= 0.3 is 6.18 Å². The van der Waals surface area contributed by atoms with Crippen LogP contribution in [-0.4, -0.2) is 37.0 Å². The number of rotatable bonds is 1. The minimum absolute atomic E-state index is 0. The van der Waals surface area contributed by atoms with Crippen LogP contribution in [0.4, 0.5) is 13.2 Å². The van der Waals surface area contributed by atoms with Gasteiger partial charge in [-0.05, 0) is 23.6 Å². The monoisotopic (exact) mass is 334 g/mol. The van der Waals surface area contributed by atoms with E-state index in [1.54, 1.807) is 13.1 Å². The lowest BCUT2D eigenvalue weighted by Crippen LogP contribution is -2.46. The molecule has 1 fully saturated rings. The first-order valence-corrected chi connectivity index (χ1v) is 7.06. The lowest BCUT2D eigenvalue weighted by Gasteiger charge is -2.37. The number of likely N-dealkylation sites (N-methyl/N-ethyl adjacent to an activating group) is 1. The highest BCUT2D eigenvalue weighted by atomic mass is 35.5. The zero-order chi connectivity index (χ0) is 15.4. The van der Waals surface area contributed by atoms with Crippen molar-refractivity contribution in [3.63, 3.8) is 0 Å². The number of carbonyl (C=O) groups excluding carboxylic acids is 1. The molecular weight excluding hydrogens is 317 g/mol. The first-order chi connectivity index (χ1) is 9.84. The molecule has 0 spiro atoms. The quantitative estimate of drug-likeness (QED) is 0.856. The molecule has 3 rings (SSSR count). The maximum Gasteiger partial charge on any atom is 0.417 e. The highest BCUT2D eigenvalue weighted by Crippen LogP contribution is 2.42. The Morgan fingerprint density at radius 1 is 1.32 bits per heavy atom. The van der Waals surface area contributed by atoms with Crippen LogP contribution in [0.15, 0.2) is 12.1 Å². The number of hydrogen-bond donors (Lipinski definition) is 1. The van der Waals surface area contributed by atoms with Crippen LogP contribution in [0.2, 0.25) is 0 Å². The summed E-state index contributed by atoms with van der Waals surface area (Å²) in [6, 6.07) is 2.84. The first-order valence-electron chi connectivity index (χ1n) is 7.06. The van der Waals surface area contributed by atoms with Crippen molar-refractivity contribution in [2.75, 3.05) is 20.1 Å². The average Bonchev–Trinajstić information content (AvgIpc) is 2.92. The zero-order valence-corrected chi connectivity index (χ0v) is 13.1. The third-order valence-corrected chi connectivity index (χ3v) is 4.56. The molecule has 7 heteroatoms. The molecule has 22 heavy (non-hydrogen) atoms. The smallest absolute Gasteiger partial charge is 0.337 e. The Morgan fingerprint density at radius 3 is 2.59 bits per heavy atom. The summed E-state index contributed by atoms with van der Waals surface area (Å²) in [6.45, 7) is 3.06. The third-order valence-electron chi connectivity index (χ3n) is 4.56. The van der Waals surface area contributed by atoms with E-state index < -0.39 is 17.6 Å². The minimum Gasteiger partial charge on any atom is -0.337 e. The molecule has 0 radical (unpaired) electrons. The summed E-state index contributed by atoms with van der Waals surface area (Å²) in [5, 5.41) is 3.18. The van der Waals surface area contributed by atoms with Crippen LogP contribution in [0.5, 0.6) is 0 Å². The molecule has 0 saturated carbocycles. The lowest BCUT2D eigenvalue weighted by molar-refractivity contribution is -0.138. The molecule has 1 saturated heterocycles. The number of hydrogen-bond acceptors (Lipinski definition) is 2. The molecule has 2 aliphatic rings. The molecule has 2 heterocycles. The highest BCUT2D eigenvalue weighted by Gasteiger charge is 2.46. The van der Waals surface area contributed by atoms with Crippen LogP contribution < -0.4 is 5.32 Å². The van der Waals surface area contributed by atoms with Crippen LogP contribution in [0.1, 0.15) is 39.9 Å². The fourth-order valence-corrected chi connectivity index (χ4v) is 3.40. The number of aryl methyl sites for hydroxylation is 1. The Hall–Kier alpha value is -1.27. The van der Waals surface area contributed by atoms with E-state index in [0.717, 1.165) is 6.07 Å². The van der Waals surface area contributed by atoms with Gasteiger partial charge in [-0.2, -0.15) is 13.2 Å². The van der Waals surface area contributed by atoms with Gasteiger partial charge in [-0.25, -0.2) is 0 Å². The lowest BCUT2D eigenvalue weighted by atomic mass is 9.81. The number of alkyl halides is 3. The number of nitrogens with zero attached hydrogens (tertiary/aromatic N) is 1. The van der Waals surface area contributed by atoms with Gasteiger partial charge < -0.3 is 10.2 Å². The maximum absolute atomic E-state index is 13.3. The normalized spacial score (nSPS) is 23.9. The van der Waals surface area contributed by atoms with Gasteiger partial charge in [0.2, 0.25) is 0 Å². The van der Waals surface area contributed by atoms with Gasteiger partial charge in [-0.1, -0.05) is 13.0 Å². The van der Waals surface area contributed by atoms with E-state index in [2.05, 4.69) is 5.32 Å². The number of fused-ring (bicyclic) bond motifs is 3. The summed E-state index contributed by atoms with van der Waals surface area (Å²) < 4.78 is 40.0. The minimum atomic E-state index is -4.51. The Bertz CT molecular complexity index is 603. The van der Waals surface area contributed by atoms with Crippen LogP contribution >= 0.6 is 12.4 Å². The molecule has 0 aromatic heterocycles. The van der Waals surface area contributed by atoms with Crippen molar-refractivity contribution >= 4 is 18.3 Å². The molecule has 2 aliphatic heterocycles. The van der Waals surface area contributed by atoms with Gasteiger partial charge in [0.1, 0.15) is 0 Å². The Balaban J connectivity index is 0.00000176. The average molecular weight is 335 g/mol. The van der Waals surface area contributed by atoms with Crippen molar-refractivity contribution < 1.29 is 18.0 Å². The Kier molecular flexibility index (Phi) is 4.46. The molecule has 0 bridgehead atoms. The second-order valence-electron chi connectivity index (χ2n) is 5.71. The zero-order valence-electron chi connectivity index (χ0n) is 12.3. The fourth-order valence-electron chi connectivity index (χ4n) is 3.40. The van der Waals surface area contributed by atoms with Gasteiger partial charge in [-0.3, -0.25) is 4.79 Å². The summed E-state index contributed by atoms with van der Waals surface area (Å²) in [7, 11) is 1.59. The van der Waals surface area contributed by atoms with E-state index in [1.165, 1.54) is 4.90 Å².